The zero-order valence-electron chi connectivity index (χ0n) is 16.0. The number of aromatic nitrogens is 1. The number of carbonyl (C=O) groups is 1. The fraction of sp³-hybridized carbons (Fsp3) is 0.300. The Morgan fingerprint density at radius 3 is 2.60 bits per heavy atom. The average molecular weight is 466 g/mol. The van der Waals surface area contributed by atoms with E-state index in [1.165, 1.54) is 28.2 Å². The second kappa shape index (κ2) is 9.01. The third-order valence-electron chi connectivity index (χ3n) is 4.85. The molecule has 0 N–H and O–H groups in total. The number of amides is 1. The number of hydrogen-bond donors (Lipinski definition) is 0. The summed E-state index contributed by atoms with van der Waals surface area (Å²) in [5, 5.41) is 0. The topological polar surface area (TPSA) is 70.6 Å². The Labute approximate surface area is 182 Å². The zero-order chi connectivity index (χ0) is 21.1. The summed E-state index contributed by atoms with van der Waals surface area (Å²) in [5.41, 5.74) is 0.925. The van der Waals surface area contributed by atoms with Gasteiger partial charge in [0.15, 0.2) is 4.34 Å². The van der Waals surface area contributed by atoms with Crippen LogP contribution in [0.15, 0.2) is 57.8 Å². The van der Waals surface area contributed by atoms with Gasteiger partial charge in [0.1, 0.15) is 5.82 Å². The molecule has 1 fully saturated rings. The minimum atomic E-state index is -3.71. The largest absolute Gasteiger partial charge is 0.341 e. The highest BCUT2D eigenvalue weighted by Gasteiger charge is 2.28. The van der Waals surface area contributed by atoms with E-state index in [1.54, 1.807) is 16.2 Å². The van der Waals surface area contributed by atoms with E-state index in [1.807, 2.05) is 24.3 Å². The number of fused-ring (bicyclic) bond motifs is 1. The summed E-state index contributed by atoms with van der Waals surface area (Å²) >= 11 is 2.97. The second-order valence-electron chi connectivity index (χ2n) is 6.83. The molecule has 0 unspecified atom stereocenters. The normalized spacial score (nSPS) is 16.0. The molecule has 1 aliphatic rings. The van der Waals surface area contributed by atoms with Crippen molar-refractivity contribution in [3.63, 3.8) is 0 Å². The van der Waals surface area contributed by atoms with Crippen molar-refractivity contribution in [2.45, 2.75) is 15.7 Å². The summed E-state index contributed by atoms with van der Waals surface area (Å²) in [6, 6.07) is 12.7. The molecule has 30 heavy (non-hydrogen) atoms. The summed E-state index contributed by atoms with van der Waals surface area (Å²) in [5.74, 6) is -0.239. The second-order valence-corrected chi connectivity index (χ2v) is 11.0. The Morgan fingerprint density at radius 2 is 1.83 bits per heavy atom. The van der Waals surface area contributed by atoms with E-state index in [9.17, 15) is 17.6 Å². The van der Waals surface area contributed by atoms with Crippen LogP contribution >= 0.6 is 23.1 Å². The molecular formula is C20H20FN3O3S3. The number of sulfonamides is 1. The maximum absolute atomic E-state index is 13.1. The summed E-state index contributed by atoms with van der Waals surface area (Å²) in [7, 11) is -3.71. The van der Waals surface area contributed by atoms with E-state index in [2.05, 4.69) is 4.98 Å². The molecule has 0 bridgehead atoms. The van der Waals surface area contributed by atoms with Crippen LogP contribution in [0, 0.1) is 5.82 Å². The van der Waals surface area contributed by atoms with Crippen LogP contribution in [-0.2, 0) is 14.8 Å². The van der Waals surface area contributed by atoms with Crippen molar-refractivity contribution in [2.24, 2.45) is 0 Å². The lowest BCUT2D eigenvalue weighted by Gasteiger charge is -2.21. The molecule has 2 aromatic carbocycles. The van der Waals surface area contributed by atoms with E-state index in [4.69, 9.17) is 0 Å². The van der Waals surface area contributed by atoms with Gasteiger partial charge in [-0.2, -0.15) is 4.31 Å². The van der Waals surface area contributed by atoms with Gasteiger partial charge in [0.2, 0.25) is 15.9 Å². The Kier molecular flexibility index (Phi) is 6.37. The Bertz CT molecular complexity index is 1120. The van der Waals surface area contributed by atoms with E-state index in [-0.39, 0.29) is 23.1 Å². The van der Waals surface area contributed by atoms with Crippen molar-refractivity contribution in [3.8, 4) is 0 Å². The number of para-hydroxylation sites is 1. The molecular weight excluding hydrogens is 445 g/mol. The van der Waals surface area contributed by atoms with Crippen LogP contribution < -0.4 is 0 Å². The third-order valence-corrected chi connectivity index (χ3v) is 8.93. The van der Waals surface area contributed by atoms with Gasteiger partial charge in [-0.25, -0.2) is 17.8 Å². The first kappa shape index (κ1) is 21.2. The van der Waals surface area contributed by atoms with Crippen LogP contribution in [0.2, 0.25) is 0 Å². The molecule has 1 aromatic heterocycles. The van der Waals surface area contributed by atoms with Gasteiger partial charge in [0, 0.05) is 26.2 Å². The van der Waals surface area contributed by atoms with Gasteiger partial charge >= 0.3 is 0 Å². The monoisotopic (exact) mass is 465 g/mol. The van der Waals surface area contributed by atoms with Gasteiger partial charge in [0.05, 0.1) is 20.9 Å². The molecule has 158 valence electrons. The third kappa shape index (κ3) is 4.66. The number of rotatable bonds is 5. The van der Waals surface area contributed by atoms with Crippen LogP contribution in [-0.4, -0.2) is 60.4 Å². The first-order valence-corrected chi connectivity index (χ1v) is 12.7. The van der Waals surface area contributed by atoms with Crippen LogP contribution in [0.1, 0.15) is 6.42 Å². The number of thiazole rings is 1. The molecule has 1 saturated heterocycles. The summed E-state index contributed by atoms with van der Waals surface area (Å²) in [6.07, 6.45) is 0.554. The van der Waals surface area contributed by atoms with Gasteiger partial charge in [-0.15, -0.1) is 11.3 Å². The lowest BCUT2D eigenvalue weighted by atomic mass is 10.3. The predicted octanol–water partition coefficient (Wildman–Crippen LogP) is 3.45. The Morgan fingerprint density at radius 1 is 1.07 bits per heavy atom. The highest BCUT2D eigenvalue weighted by Crippen LogP contribution is 2.29. The molecule has 10 heteroatoms. The number of hydrogen-bond acceptors (Lipinski definition) is 6. The molecule has 4 rings (SSSR count). The van der Waals surface area contributed by atoms with Gasteiger partial charge in [-0.05, 0) is 42.8 Å². The van der Waals surface area contributed by atoms with Crippen molar-refractivity contribution in [2.75, 3.05) is 31.9 Å². The first-order valence-electron chi connectivity index (χ1n) is 9.45. The quantitative estimate of drug-likeness (QED) is 0.540. The number of thioether (sulfide) groups is 1. The summed E-state index contributed by atoms with van der Waals surface area (Å²) in [6.45, 7) is 1.39. The van der Waals surface area contributed by atoms with Crippen molar-refractivity contribution >= 4 is 49.2 Å². The Hall–Kier alpha value is -2.01. The maximum Gasteiger partial charge on any atom is 0.243 e. The highest BCUT2D eigenvalue weighted by atomic mass is 32.2. The highest BCUT2D eigenvalue weighted by molar-refractivity contribution is 8.01. The first-order chi connectivity index (χ1) is 14.4. The average Bonchev–Trinajstić information content (AvgIpc) is 2.98. The molecule has 3 aromatic rings. The zero-order valence-corrected chi connectivity index (χ0v) is 18.5. The molecule has 2 heterocycles. The fourth-order valence-electron chi connectivity index (χ4n) is 3.27. The maximum atomic E-state index is 13.1. The lowest BCUT2D eigenvalue weighted by molar-refractivity contribution is -0.128. The number of halogens is 1. The van der Waals surface area contributed by atoms with Crippen LogP contribution in [0.3, 0.4) is 0 Å². The van der Waals surface area contributed by atoms with Gasteiger partial charge < -0.3 is 4.90 Å². The van der Waals surface area contributed by atoms with Gasteiger partial charge in [-0.3, -0.25) is 4.79 Å². The molecule has 0 aliphatic carbocycles. The van der Waals surface area contributed by atoms with E-state index < -0.39 is 15.8 Å². The van der Waals surface area contributed by atoms with Crippen LogP contribution in [0.25, 0.3) is 10.2 Å². The molecule has 6 nitrogen and oxygen atoms in total. The minimum absolute atomic E-state index is 0.0275. The van der Waals surface area contributed by atoms with Crippen molar-refractivity contribution in [3.05, 3.63) is 54.3 Å². The smallest absolute Gasteiger partial charge is 0.243 e. The molecule has 0 spiro atoms. The SMILES string of the molecule is O=C(CSc1nc2ccccc2s1)N1CCCN(S(=O)(=O)c2ccc(F)cc2)CC1. The molecule has 0 radical (unpaired) electrons. The Balaban J connectivity index is 1.36. The molecule has 1 amide bonds. The van der Waals surface area contributed by atoms with Gasteiger partial charge in [-0.1, -0.05) is 23.9 Å². The van der Waals surface area contributed by atoms with Crippen molar-refractivity contribution in [1.29, 1.82) is 0 Å². The van der Waals surface area contributed by atoms with E-state index in [0.717, 1.165) is 26.7 Å². The standard InChI is InChI=1S/C20H20FN3O3S3/c21-15-6-8-16(9-7-15)30(26,27)24-11-3-10-23(12-13-24)19(25)14-28-20-22-17-4-1-2-5-18(17)29-20/h1-2,4-9H,3,10-14H2. The van der Waals surface area contributed by atoms with Gasteiger partial charge in [0.25, 0.3) is 0 Å². The fourth-order valence-corrected chi connectivity index (χ4v) is 6.71. The van der Waals surface area contributed by atoms with Crippen molar-refractivity contribution in [1.82, 2.24) is 14.2 Å². The van der Waals surface area contributed by atoms with Crippen molar-refractivity contribution < 1.29 is 17.6 Å². The minimum Gasteiger partial charge on any atom is -0.341 e. The van der Waals surface area contributed by atoms with E-state index >= 15 is 0 Å². The van der Waals surface area contributed by atoms with Crippen LogP contribution in [0.4, 0.5) is 4.39 Å². The van der Waals surface area contributed by atoms with Crippen LogP contribution in [0.5, 0.6) is 0 Å². The predicted molar refractivity (Wildman–Crippen MR) is 117 cm³/mol. The molecule has 0 atom stereocenters. The summed E-state index contributed by atoms with van der Waals surface area (Å²) < 4.78 is 42.0. The molecule has 1 aliphatic heterocycles. The number of carbonyl (C=O) groups excluding carboxylic acids is 1. The number of nitrogens with zero attached hydrogens (tertiary/aromatic N) is 3. The molecule has 0 saturated carbocycles. The summed E-state index contributed by atoms with van der Waals surface area (Å²) in [4.78, 5) is 19.0. The number of benzene rings is 2. The lowest BCUT2D eigenvalue weighted by Crippen LogP contribution is -2.38. The van der Waals surface area contributed by atoms with E-state index in [0.29, 0.717) is 26.1 Å².